The van der Waals surface area contributed by atoms with Crippen LogP contribution in [0, 0.1) is 0 Å². The molecule has 0 radical (unpaired) electrons. The summed E-state index contributed by atoms with van der Waals surface area (Å²) >= 11 is 0. The van der Waals surface area contributed by atoms with Gasteiger partial charge in [0.1, 0.15) is 17.0 Å². The number of para-hydroxylation sites is 1. The van der Waals surface area contributed by atoms with Crippen molar-refractivity contribution in [2.75, 3.05) is 0 Å². The van der Waals surface area contributed by atoms with Gasteiger partial charge in [-0.2, -0.15) is 0 Å². The van der Waals surface area contributed by atoms with Gasteiger partial charge < -0.3 is 19.1 Å². The summed E-state index contributed by atoms with van der Waals surface area (Å²) in [5.74, 6) is 0.639. The molecular weight excluding hydrogens is 339 g/mol. The molecule has 6 nitrogen and oxygen atoms in total. The van der Waals surface area contributed by atoms with Crippen molar-refractivity contribution in [2.24, 2.45) is 0 Å². The summed E-state index contributed by atoms with van der Waals surface area (Å²) in [5, 5.41) is 9.91. The molecule has 0 saturated carbocycles. The molecule has 132 valence electrons. The van der Waals surface area contributed by atoms with E-state index >= 15 is 0 Å². The minimum absolute atomic E-state index is 0.165. The number of aromatic nitrogens is 2. The number of aromatic hydroxyl groups is 1. The topological polar surface area (TPSA) is 84.6 Å². The molecule has 0 saturated heterocycles. The Hall–Kier alpha value is -2.30. The quantitative estimate of drug-likeness (QED) is 0.655. The van der Waals surface area contributed by atoms with Crippen LogP contribution in [0.1, 0.15) is 30.5 Å². The Morgan fingerprint density at radius 1 is 1.16 bits per heavy atom. The molecule has 2 N–H and O–H groups in total. The van der Waals surface area contributed by atoms with Crippen molar-refractivity contribution in [3.8, 4) is 11.5 Å². The number of hydrogen-bond donors (Lipinski definition) is 2. The third-order valence-electron chi connectivity index (χ3n) is 4.36. The van der Waals surface area contributed by atoms with Crippen LogP contribution in [-0.2, 0) is 24.0 Å². The van der Waals surface area contributed by atoms with E-state index in [1.165, 1.54) is 0 Å². The van der Waals surface area contributed by atoms with Gasteiger partial charge in [-0.05, 0) is 47.7 Å². The Balaban J connectivity index is 2.04. The monoisotopic (exact) mass is 360 g/mol. The molecule has 7 heteroatoms. The fourth-order valence-corrected chi connectivity index (χ4v) is 3.65. The van der Waals surface area contributed by atoms with Crippen molar-refractivity contribution >= 4 is 19.3 Å². The highest BCUT2D eigenvalue weighted by Crippen LogP contribution is 2.33. The Labute approximate surface area is 146 Å². The normalized spacial score (nSPS) is 12.4. The van der Waals surface area contributed by atoms with Gasteiger partial charge in [-0.15, -0.1) is 0 Å². The number of fused-ring (bicyclic) bond motifs is 1. The summed E-state index contributed by atoms with van der Waals surface area (Å²) in [6, 6.07) is 9.01. The number of nitrogens with zero attached hydrogens (tertiary/aromatic N) is 2. The Morgan fingerprint density at radius 2 is 1.92 bits per heavy atom. The first kappa shape index (κ1) is 17.5. The molecule has 0 aliphatic heterocycles. The van der Waals surface area contributed by atoms with Crippen LogP contribution < -0.4 is 4.52 Å². The summed E-state index contributed by atoms with van der Waals surface area (Å²) in [6.07, 6.45) is 3.22. The first-order valence-electron chi connectivity index (χ1n) is 8.22. The molecule has 3 rings (SSSR count). The van der Waals surface area contributed by atoms with E-state index in [4.69, 9.17) is 9.42 Å². The van der Waals surface area contributed by atoms with Gasteiger partial charge in [0.2, 0.25) is 0 Å². The second kappa shape index (κ2) is 7.30. The molecule has 1 atom stereocenters. The van der Waals surface area contributed by atoms with Crippen LogP contribution in [0.15, 0.2) is 36.7 Å². The maximum Gasteiger partial charge on any atom is 0.365 e. The summed E-state index contributed by atoms with van der Waals surface area (Å²) in [5.41, 5.74) is 4.62. The molecule has 1 aromatic heterocycles. The average Bonchev–Trinajstić information content (AvgIpc) is 2.99. The van der Waals surface area contributed by atoms with Gasteiger partial charge in [0.15, 0.2) is 0 Å². The molecule has 0 fully saturated rings. The van der Waals surface area contributed by atoms with Gasteiger partial charge in [0.25, 0.3) is 0 Å². The van der Waals surface area contributed by atoms with Gasteiger partial charge in [0, 0.05) is 6.54 Å². The zero-order valence-electron chi connectivity index (χ0n) is 14.2. The van der Waals surface area contributed by atoms with Crippen LogP contribution in [0.4, 0.5) is 0 Å². The van der Waals surface area contributed by atoms with Gasteiger partial charge in [-0.25, -0.2) is 9.55 Å². The minimum Gasteiger partial charge on any atom is -0.506 e. The lowest BCUT2D eigenvalue weighted by atomic mass is 9.96. The van der Waals surface area contributed by atoms with Crippen molar-refractivity contribution in [3.63, 3.8) is 0 Å². The zero-order valence-corrected chi connectivity index (χ0v) is 15.2. The molecule has 1 unspecified atom stereocenters. The van der Waals surface area contributed by atoms with Crippen LogP contribution in [0.25, 0.3) is 11.0 Å². The number of rotatable bonds is 6. The summed E-state index contributed by atoms with van der Waals surface area (Å²) < 4.78 is 18.2. The van der Waals surface area contributed by atoms with Gasteiger partial charge in [0.05, 0.1) is 11.8 Å². The van der Waals surface area contributed by atoms with Crippen molar-refractivity contribution in [1.29, 1.82) is 0 Å². The number of hydrogen-bond acceptors (Lipinski definition) is 4. The van der Waals surface area contributed by atoms with Gasteiger partial charge in [-0.1, -0.05) is 26.0 Å². The SMILES string of the molecule is CCc1c(Cn2cnc3c(O)cccc32)ccc(O[PH](=O)O)c1CC. The van der Waals surface area contributed by atoms with Gasteiger partial charge >= 0.3 is 8.25 Å². The second-order valence-corrected chi connectivity index (χ2v) is 6.51. The van der Waals surface area contributed by atoms with Crippen molar-refractivity contribution in [1.82, 2.24) is 9.55 Å². The number of benzene rings is 2. The third-order valence-corrected chi connectivity index (χ3v) is 4.75. The predicted molar refractivity (Wildman–Crippen MR) is 97.5 cm³/mol. The van der Waals surface area contributed by atoms with Crippen molar-refractivity contribution in [3.05, 3.63) is 53.3 Å². The smallest absolute Gasteiger partial charge is 0.365 e. The van der Waals surface area contributed by atoms with E-state index in [-0.39, 0.29) is 5.75 Å². The molecule has 25 heavy (non-hydrogen) atoms. The third kappa shape index (κ3) is 3.41. The highest BCUT2D eigenvalue weighted by molar-refractivity contribution is 7.32. The summed E-state index contributed by atoms with van der Waals surface area (Å²) in [4.78, 5) is 13.4. The minimum atomic E-state index is -3.03. The van der Waals surface area contributed by atoms with Crippen LogP contribution in [-0.4, -0.2) is 19.6 Å². The van der Waals surface area contributed by atoms with Crippen molar-refractivity contribution < 1.29 is 19.1 Å². The molecule has 2 aromatic carbocycles. The standard InChI is InChI=1S/C18H21N2O4P/c1-3-13-12(8-9-17(14(13)4-2)24-25(22)23)10-20-11-19-18-15(20)6-5-7-16(18)21/h5-9,11,21,25H,3-4,10H2,1-2H3,(H,22,23). The molecule has 0 aliphatic rings. The first-order chi connectivity index (χ1) is 12.0. The number of imidazole rings is 1. The Kier molecular flexibility index (Phi) is 5.11. The van der Waals surface area contributed by atoms with E-state index in [1.807, 2.05) is 23.6 Å². The fourth-order valence-electron chi connectivity index (χ4n) is 3.27. The van der Waals surface area contributed by atoms with Crippen LogP contribution in [0.2, 0.25) is 0 Å². The van der Waals surface area contributed by atoms with Gasteiger partial charge in [-0.3, -0.25) is 0 Å². The lowest BCUT2D eigenvalue weighted by molar-refractivity contribution is 0.408. The molecule has 3 aromatic rings. The maximum absolute atomic E-state index is 11.1. The molecule has 0 aliphatic carbocycles. The van der Waals surface area contributed by atoms with Crippen LogP contribution in [0.3, 0.4) is 0 Å². The lowest BCUT2D eigenvalue weighted by Gasteiger charge is -2.17. The highest BCUT2D eigenvalue weighted by atomic mass is 31.1. The number of phenols is 1. The van der Waals surface area contributed by atoms with Crippen LogP contribution in [0.5, 0.6) is 11.5 Å². The molecule has 0 spiro atoms. The second-order valence-electron chi connectivity index (χ2n) is 5.77. The summed E-state index contributed by atoms with van der Waals surface area (Å²) in [7, 11) is -3.03. The molecule has 1 heterocycles. The summed E-state index contributed by atoms with van der Waals surface area (Å²) in [6.45, 7) is 4.66. The van der Waals surface area contributed by atoms with E-state index in [9.17, 15) is 9.67 Å². The highest BCUT2D eigenvalue weighted by Gasteiger charge is 2.15. The van der Waals surface area contributed by atoms with E-state index < -0.39 is 8.25 Å². The first-order valence-corrected chi connectivity index (χ1v) is 9.48. The number of phenolic OH excluding ortho intramolecular Hbond substituents is 1. The van der Waals surface area contributed by atoms with Crippen molar-refractivity contribution in [2.45, 2.75) is 33.2 Å². The molecular formula is C18H21N2O4P. The fraction of sp³-hybridized carbons (Fsp3) is 0.278. The van der Waals surface area contributed by atoms with E-state index in [0.717, 1.165) is 28.6 Å². The Morgan fingerprint density at radius 3 is 2.60 bits per heavy atom. The molecule has 0 bridgehead atoms. The molecule has 0 amide bonds. The average molecular weight is 360 g/mol. The Bertz CT molecular complexity index is 936. The van der Waals surface area contributed by atoms with E-state index in [0.29, 0.717) is 24.2 Å². The lowest BCUT2D eigenvalue weighted by Crippen LogP contribution is -2.05. The predicted octanol–water partition coefficient (Wildman–Crippen LogP) is 3.68. The van der Waals surface area contributed by atoms with E-state index in [1.54, 1.807) is 24.5 Å². The van der Waals surface area contributed by atoms with Crippen LogP contribution >= 0.6 is 8.25 Å². The zero-order chi connectivity index (χ0) is 18.0. The van der Waals surface area contributed by atoms with E-state index in [2.05, 4.69) is 11.9 Å². The largest absolute Gasteiger partial charge is 0.506 e. The maximum atomic E-state index is 11.1.